The summed E-state index contributed by atoms with van der Waals surface area (Å²) in [4.78, 5) is 25.7. The number of nitrogens with zero attached hydrogens (tertiary/aromatic N) is 2. The molecule has 1 heterocycles. The fourth-order valence-corrected chi connectivity index (χ4v) is 3.13. The molecular formula is C10H16N4O2S4. The van der Waals surface area contributed by atoms with E-state index in [1.165, 1.54) is 13.8 Å². The van der Waals surface area contributed by atoms with Gasteiger partial charge in [0.25, 0.3) is 0 Å². The molecule has 6 nitrogen and oxygen atoms in total. The summed E-state index contributed by atoms with van der Waals surface area (Å²) in [5, 5.41) is 0. The first kappa shape index (κ1) is 17.5. The highest BCUT2D eigenvalue weighted by atomic mass is 32.2. The quantitative estimate of drug-likeness (QED) is 0.489. The highest BCUT2D eigenvalue weighted by Crippen LogP contribution is 2.13. The number of carbonyl (C=O) groups excluding carboxylic acids is 2. The van der Waals surface area contributed by atoms with Gasteiger partial charge in [0, 0.05) is 63.9 Å². The zero-order chi connectivity index (χ0) is 15.1. The minimum atomic E-state index is -0.121. The van der Waals surface area contributed by atoms with Crippen LogP contribution in [0.5, 0.6) is 0 Å². The Labute approximate surface area is 137 Å². The standard InChI is InChI=1S/C10H16N4O2S4/c1-7(15)11-19-9(17)13-3-5-14(6-4-13)10(18)20-12-8(2)16/h3-6H2,1-2H3,(H,11,15)(H,12,16). The van der Waals surface area contributed by atoms with Crippen LogP contribution in [-0.2, 0) is 9.59 Å². The summed E-state index contributed by atoms with van der Waals surface area (Å²) in [6.07, 6.45) is 0. The van der Waals surface area contributed by atoms with E-state index in [4.69, 9.17) is 24.4 Å². The minimum Gasteiger partial charge on any atom is -0.353 e. The molecule has 1 aliphatic rings. The molecule has 0 atom stereocenters. The Balaban J connectivity index is 2.32. The third-order valence-electron chi connectivity index (χ3n) is 2.36. The van der Waals surface area contributed by atoms with Gasteiger partial charge in [0.05, 0.1) is 0 Å². The van der Waals surface area contributed by atoms with Crippen molar-refractivity contribution >= 4 is 68.8 Å². The van der Waals surface area contributed by atoms with E-state index in [0.29, 0.717) is 8.64 Å². The lowest BCUT2D eigenvalue weighted by atomic mass is 10.4. The number of amides is 2. The molecule has 0 aromatic carbocycles. The molecule has 0 radical (unpaired) electrons. The van der Waals surface area contributed by atoms with Gasteiger partial charge in [-0.1, -0.05) is 24.4 Å². The van der Waals surface area contributed by atoms with Crippen LogP contribution in [0.2, 0.25) is 0 Å². The second-order valence-corrected chi connectivity index (χ2v) is 6.91. The van der Waals surface area contributed by atoms with Gasteiger partial charge in [-0.05, 0) is 0 Å². The van der Waals surface area contributed by atoms with Crippen molar-refractivity contribution in [3.05, 3.63) is 0 Å². The van der Waals surface area contributed by atoms with E-state index in [2.05, 4.69) is 9.44 Å². The molecule has 0 aliphatic carbocycles. The number of piperazine rings is 1. The SMILES string of the molecule is CC(=O)NSC(=S)N1CCN(C(=S)SNC(C)=O)CC1. The molecule has 1 fully saturated rings. The summed E-state index contributed by atoms with van der Waals surface area (Å²) in [5.74, 6) is -0.243. The summed E-state index contributed by atoms with van der Waals surface area (Å²) in [6.45, 7) is 5.87. The zero-order valence-corrected chi connectivity index (χ0v) is 14.4. The van der Waals surface area contributed by atoms with Gasteiger partial charge >= 0.3 is 0 Å². The Bertz CT molecular complexity index is 372. The second-order valence-electron chi connectivity index (χ2n) is 4.03. The van der Waals surface area contributed by atoms with Crippen LogP contribution >= 0.6 is 48.3 Å². The molecule has 0 bridgehead atoms. The van der Waals surface area contributed by atoms with Gasteiger partial charge in [-0.15, -0.1) is 0 Å². The van der Waals surface area contributed by atoms with Gasteiger partial charge in [0.15, 0.2) is 8.64 Å². The number of rotatable bonds is 0. The van der Waals surface area contributed by atoms with Crippen molar-refractivity contribution in [2.75, 3.05) is 26.2 Å². The molecule has 0 unspecified atom stereocenters. The van der Waals surface area contributed by atoms with E-state index < -0.39 is 0 Å². The molecule has 2 N–H and O–H groups in total. The van der Waals surface area contributed by atoms with Crippen LogP contribution in [0.15, 0.2) is 0 Å². The summed E-state index contributed by atoms with van der Waals surface area (Å²) >= 11 is 12.8. The first-order valence-corrected chi connectivity index (χ1v) is 8.29. The van der Waals surface area contributed by atoms with Crippen molar-refractivity contribution < 1.29 is 9.59 Å². The maximum atomic E-state index is 10.8. The molecule has 0 saturated carbocycles. The Kier molecular flexibility index (Phi) is 7.56. The van der Waals surface area contributed by atoms with Gasteiger partial charge in [-0.2, -0.15) is 0 Å². The summed E-state index contributed by atoms with van der Waals surface area (Å²) < 4.78 is 6.53. The van der Waals surface area contributed by atoms with Crippen LogP contribution in [0.3, 0.4) is 0 Å². The third-order valence-corrected chi connectivity index (χ3v) is 5.02. The normalized spacial score (nSPS) is 14.7. The maximum absolute atomic E-state index is 10.8. The number of nitrogens with one attached hydrogen (secondary N) is 2. The van der Waals surface area contributed by atoms with Crippen LogP contribution in [0.25, 0.3) is 0 Å². The molecule has 1 aliphatic heterocycles. The molecule has 1 saturated heterocycles. The molecular weight excluding hydrogens is 336 g/mol. The number of carbonyl (C=O) groups is 2. The Morgan fingerprint density at radius 3 is 1.40 bits per heavy atom. The number of thiocarbonyl (C=S) groups is 2. The molecule has 20 heavy (non-hydrogen) atoms. The highest BCUT2D eigenvalue weighted by Gasteiger charge is 2.21. The molecule has 0 aromatic heterocycles. The molecule has 112 valence electrons. The predicted molar refractivity (Wildman–Crippen MR) is 91.2 cm³/mol. The highest BCUT2D eigenvalue weighted by molar-refractivity contribution is 8.22. The van der Waals surface area contributed by atoms with Crippen molar-refractivity contribution in [3.8, 4) is 0 Å². The first-order valence-electron chi connectivity index (χ1n) is 5.85. The van der Waals surface area contributed by atoms with Crippen LogP contribution in [0.1, 0.15) is 13.8 Å². The lowest BCUT2D eigenvalue weighted by Crippen LogP contribution is -2.49. The van der Waals surface area contributed by atoms with Crippen molar-refractivity contribution in [3.63, 3.8) is 0 Å². The lowest BCUT2D eigenvalue weighted by Gasteiger charge is -2.36. The summed E-state index contributed by atoms with van der Waals surface area (Å²) in [7, 11) is 0. The van der Waals surface area contributed by atoms with Gasteiger partial charge in [0.1, 0.15) is 0 Å². The van der Waals surface area contributed by atoms with Crippen LogP contribution in [-0.4, -0.2) is 56.4 Å². The summed E-state index contributed by atoms with van der Waals surface area (Å²) in [6, 6.07) is 0. The average Bonchev–Trinajstić information content (AvgIpc) is 2.42. The zero-order valence-electron chi connectivity index (χ0n) is 11.2. The van der Waals surface area contributed by atoms with E-state index in [-0.39, 0.29) is 11.8 Å². The maximum Gasteiger partial charge on any atom is 0.227 e. The van der Waals surface area contributed by atoms with E-state index in [1.54, 1.807) is 0 Å². The number of hydrogen-bond donors (Lipinski definition) is 2. The smallest absolute Gasteiger partial charge is 0.227 e. The number of hydrogen-bond acceptors (Lipinski definition) is 6. The molecule has 2 amide bonds. The van der Waals surface area contributed by atoms with E-state index in [0.717, 1.165) is 50.1 Å². The van der Waals surface area contributed by atoms with Crippen LogP contribution in [0.4, 0.5) is 0 Å². The molecule has 0 aromatic rings. The fraction of sp³-hybridized carbons (Fsp3) is 0.600. The minimum absolute atomic E-state index is 0.121. The van der Waals surface area contributed by atoms with E-state index in [1.807, 2.05) is 9.80 Å². The Morgan fingerprint density at radius 1 is 0.850 bits per heavy atom. The van der Waals surface area contributed by atoms with Crippen molar-refractivity contribution in [2.24, 2.45) is 0 Å². The van der Waals surface area contributed by atoms with Crippen molar-refractivity contribution in [1.82, 2.24) is 19.2 Å². The van der Waals surface area contributed by atoms with Gasteiger partial charge in [-0.25, -0.2) is 0 Å². The monoisotopic (exact) mass is 352 g/mol. The Morgan fingerprint density at radius 2 is 1.15 bits per heavy atom. The van der Waals surface area contributed by atoms with Gasteiger partial charge < -0.3 is 9.80 Å². The van der Waals surface area contributed by atoms with Crippen LogP contribution in [0, 0.1) is 0 Å². The lowest BCUT2D eigenvalue weighted by molar-refractivity contribution is -0.118. The third kappa shape index (κ3) is 6.25. The predicted octanol–water partition coefficient (Wildman–Crippen LogP) is 0.742. The summed E-state index contributed by atoms with van der Waals surface area (Å²) in [5.41, 5.74) is 0. The Hall–Kier alpha value is -0.580. The topological polar surface area (TPSA) is 64.7 Å². The van der Waals surface area contributed by atoms with Gasteiger partial charge in [0.2, 0.25) is 11.8 Å². The second kappa shape index (κ2) is 8.65. The van der Waals surface area contributed by atoms with Gasteiger partial charge in [-0.3, -0.25) is 19.0 Å². The van der Waals surface area contributed by atoms with Crippen molar-refractivity contribution in [1.29, 1.82) is 0 Å². The van der Waals surface area contributed by atoms with Crippen LogP contribution < -0.4 is 9.44 Å². The fourth-order valence-electron chi connectivity index (χ4n) is 1.43. The molecule has 10 heteroatoms. The molecule has 0 spiro atoms. The molecule has 1 rings (SSSR count). The van der Waals surface area contributed by atoms with E-state index >= 15 is 0 Å². The largest absolute Gasteiger partial charge is 0.353 e. The first-order chi connectivity index (χ1) is 9.40. The average molecular weight is 353 g/mol. The van der Waals surface area contributed by atoms with E-state index in [9.17, 15) is 9.59 Å². The van der Waals surface area contributed by atoms with Crippen molar-refractivity contribution in [2.45, 2.75) is 13.8 Å².